The van der Waals surface area contributed by atoms with Gasteiger partial charge in [-0.1, -0.05) is 13.8 Å². The first kappa shape index (κ1) is 25.2. The molecule has 1 heterocycles. The third-order valence-corrected chi connectivity index (χ3v) is 3.92. The molecule has 0 aliphatic rings. The number of thiazole rings is 1. The minimum atomic E-state index is -1.08. The molecule has 3 amide bonds. The van der Waals surface area contributed by atoms with E-state index in [0.717, 1.165) is 0 Å². The van der Waals surface area contributed by atoms with Crippen LogP contribution in [0, 0.1) is 5.92 Å². The summed E-state index contributed by atoms with van der Waals surface area (Å²) in [5, 5.41) is 16.2. The zero-order valence-corrected chi connectivity index (χ0v) is 17.6. The van der Waals surface area contributed by atoms with Gasteiger partial charge >= 0.3 is 37.0 Å². The van der Waals surface area contributed by atoms with Gasteiger partial charge in [0.1, 0.15) is 11.6 Å². The van der Waals surface area contributed by atoms with Gasteiger partial charge < -0.3 is 20.1 Å². The van der Waals surface area contributed by atoms with Gasteiger partial charge in [0.25, 0.3) is 0 Å². The molecule has 0 aromatic carbocycles. The molecule has 3 N–H and O–H groups in total. The van der Waals surface area contributed by atoms with E-state index in [1.807, 2.05) is 0 Å². The smallest absolute Gasteiger partial charge is 0.480 e. The predicted molar refractivity (Wildman–Crippen MR) is 98.2 cm³/mol. The predicted octanol–water partition coefficient (Wildman–Crippen LogP) is -0.255. The maximum atomic E-state index is 12.1. The van der Waals surface area contributed by atoms with Gasteiger partial charge in [0.05, 0.1) is 12.2 Å². The van der Waals surface area contributed by atoms with Crippen LogP contribution in [-0.2, 0) is 16.1 Å². The molecule has 0 spiro atoms. The summed E-state index contributed by atoms with van der Waals surface area (Å²) in [6.07, 6.45) is -0.606. The van der Waals surface area contributed by atoms with Crippen molar-refractivity contribution in [3.05, 3.63) is 11.1 Å². The summed E-state index contributed by atoms with van der Waals surface area (Å²) in [5.41, 5.74) is -0.0466. The van der Waals surface area contributed by atoms with Crippen molar-refractivity contribution in [1.82, 2.24) is 15.2 Å². The molecule has 0 radical (unpaired) electrons. The average Bonchev–Trinajstić information content (AvgIpc) is 2.88. The van der Waals surface area contributed by atoms with E-state index < -0.39 is 29.7 Å². The number of nitrogens with one attached hydrogen (secondary N) is 2. The Morgan fingerprint density at radius 1 is 1.33 bits per heavy atom. The van der Waals surface area contributed by atoms with Crippen molar-refractivity contribution in [2.75, 3.05) is 12.4 Å². The van der Waals surface area contributed by atoms with Crippen LogP contribution in [0.3, 0.4) is 0 Å². The average molecular weight is 393 g/mol. The summed E-state index contributed by atoms with van der Waals surface area (Å²) < 4.78 is 5.15. The molecule has 9 nitrogen and oxygen atoms in total. The van der Waals surface area contributed by atoms with Gasteiger partial charge in [-0.3, -0.25) is 5.32 Å². The van der Waals surface area contributed by atoms with E-state index in [1.54, 1.807) is 40.0 Å². The van der Waals surface area contributed by atoms with Crippen LogP contribution in [0.2, 0.25) is 0 Å². The third kappa shape index (κ3) is 9.13. The topological polar surface area (TPSA) is 121 Å². The number of hydrogen-bond acceptors (Lipinski definition) is 6. The molecule has 0 aliphatic heterocycles. The van der Waals surface area contributed by atoms with E-state index in [0.29, 0.717) is 10.8 Å². The minimum Gasteiger partial charge on any atom is -0.480 e. The molecule has 0 saturated carbocycles. The molecule has 0 saturated heterocycles. The Morgan fingerprint density at radius 2 is 1.93 bits per heavy atom. The van der Waals surface area contributed by atoms with Crippen molar-refractivity contribution >= 4 is 34.6 Å². The number of carboxylic acids is 1. The number of hydrogen-bond donors (Lipinski definition) is 3. The number of aromatic nitrogens is 1. The first-order chi connectivity index (χ1) is 11.9. The Labute approximate surface area is 175 Å². The summed E-state index contributed by atoms with van der Waals surface area (Å²) in [6, 6.07) is -1.48. The fraction of sp³-hybridized carbons (Fsp3) is 0.625. The molecule has 11 heteroatoms. The molecule has 0 fully saturated rings. The zero-order valence-electron chi connectivity index (χ0n) is 16.8. The molecule has 1 aromatic rings. The van der Waals surface area contributed by atoms with Crippen molar-refractivity contribution in [3.63, 3.8) is 0 Å². The SMILES string of the molecule is CC(C)C(NC(=O)N(C)Cc1csc(NC(=O)OC(C)(C)C)n1)C(=O)O.[Li+]. The van der Waals surface area contributed by atoms with E-state index in [4.69, 9.17) is 9.84 Å². The van der Waals surface area contributed by atoms with E-state index in [1.165, 1.54) is 23.3 Å². The maximum absolute atomic E-state index is 12.1. The van der Waals surface area contributed by atoms with Crippen molar-refractivity contribution < 1.29 is 43.1 Å². The van der Waals surface area contributed by atoms with Crippen molar-refractivity contribution in [2.45, 2.75) is 52.8 Å². The maximum Gasteiger partial charge on any atom is 1.00 e. The molecule has 0 aliphatic carbocycles. The Morgan fingerprint density at radius 3 is 2.41 bits per heavy atom. The number of ether oxygens (including phenoxy) is 1. The molecule has 1 atom stereocenters. The normalized spacial score (nSPS) is 12.0. The monoisotopic (exact) mass is 393 g/mol. The third-order valence-electron chi connectivity index (χ3n) is 3.12. The summed E-state index contributed by atoms with van der Waals surface area (Å²) >= 11 is 1.21. The second-order valence-corrected chi connectivity index (χ2v) is 7.99. The van der Waals surface area contributed by atoms with Crippen LogP contribution >= 0.6 is 11.3 Å². The van der Waals surface area contributed by atoms with Crippen LogP contribution in [0.15, 0.2) is 5.38 Å². The second kappa shape index (κ2) is 10.5. The Bertz CT molecular complexity index is 659. The largest absolute Gasteiger partial charge is 1.00 e. The molecular formula is C16H26LiN4O5S+. The summed E-state index contributed by atoms with van der Waals surface area (Å²) in [7, 11) is 1.54. The minimum absolute atomic E-state index is 0. The number of carbonyl (C=O) groups is 3. The van der Waals surface area contributed by atoms with Crippen LogP contribution in [-0.4, -0.2) is 51.8 Å². The standard InChI is InChI=1S/C16H26N4O5S.Li/c1-9(2)11(12(21)22)18-14(23)20(6)7-10-8-26-13(17-10)19-15(24)25-16(3,4)5;/h8-9,11H,7H2,1-6H3,(H,18,23)(H,21,22)(H,17,19,24);/q;+1. The Balaban J connectivity index is 0.00000676. The van der Waals surface area contributed by atoms with Gasteiger partial charge in [-0.05, 0) is 26.7 Å². The van der Waals surface area contributed by atoms with Crippen molar-refractivity contribution in [2.24, 2.45) is 5.92 Å². The van der Waals surface area contributed by atoms with Crippen LogP contribution in [0.1, 0.15) is 40.3 Å². The number of nitrogens with zero attached hydrogens (tertiary/aromatic N) is 2. The number of anilines is 1. The number of carbonyl (C=O) groups excluding carboxylic acids is 2. The fourth-order valence-electron chi connectivity index (χ4n) is 1.90. The van der Waals surface area contributed by atoms with Gasteiger partial charge in [-0.2, -0.15) is 0 Å². The number of aliphatic carboxylic acids is 1. The van der Waals surface area contributed by atoms with E-state index in [9.17, 15) is 14.4 Å². The molecule has 146 valence electrons. The fourth-order valence-corrected chi connectivity index (χ4v) is 2.59. The van der Waals surface area contributed by atoms with E-state index >= 15 is 0 Å². The Hall–Kier alpha value is -1.76. The molecule has 1 aromatic heterocycles. The van der Waals surface area contributed by atoms with Crippen molar-refractivity contribution in [1.29, 1.82) is 0 Å². The first-order valence-electron chi connectivity index (χ1n) is 8.08. The van der Waals surface area contributed by atoms with Crippen LogP contribution < -0.4 is 29.5 Å². The number of rotatable bonds is 6. The van der Waals surface area contributed by atoms with Crippen LogP contribution in [0.25, 0.3) is 0 Å². The number of urea groups is 1. The van der Waals surface area contributed by atoms with E-state index in [-0.39, 0.29) is 31.3 Å². The molecular weight excluding hydrogens is 367 g/mol. The van der Waals surface area contributed by atoms with Gasteiger partial charge in [-0.25, -0.2) is 19.4 Å². The van der Waals surface area contributed by atoms with Crippen LogP contribution in [0.4, 0.5) is 14.7 Å². The second-order valence-electron chi connectivity index (χ2n) is 7.14. The molecule has 27 heavy (non-hydrogen) atoms. The zero-order chi connectivity index (χ0) is 20.1. The van der Waals surface area contributed by atoms with Gasteiger partial charge in [-0.15, -0.1) is 11.3 Å². The van der Waals surface area contributed by atoms with Crippen LogP contribution in [0.5, 0.6) is 0 Å². The van der Waals surface area contributed by atoms with Gasteiger partial charge in [0.2, 0.25) is 0 Å². The number of amides is 3. The van der Waals surface area contributed by atoms with E-state index in [2.05, 4.69) is 15.6 Å². The summed E-state index contributed by atoms with van der Waals surface area (Å²) in [4.78, 5) is 40.6. The Kier molecular flexibility index (Phi) is 9.85. The van der Waals surface area contributed by atoms with Crippen molar-refractivity contribution in [3.8, 4) is 0 Å². The summed E-state index contributed by atoms with van der Waals surface area (Å²) in [6.45, 7) is 8.88. The van der Waals surface area contributed by atoms with Gasteiger partial charge in [0.15, 0.2) is 5.13 Å². The van der Waals surface area contributed by atoms with Gasteiger partial charge in [0, 0.05) is 12.4 Å². The quantitative estimate of drug-likeness (QED) is 0.573. The molecule has 0 bridgehead atoms. The molecule has 1 rings (SSSR count). The number of carboxylic acid groups (broad SMARTS) is 1. The molecule has 1 unspecified atom stereocenters. The summed E-state index contributed by atoms with van der Waals surface area (Å²) in [5.74, 6) is -1.33. The first-order valence-corrected chi connectivity index (χ1v) is 8.96.